The third-order valence-corrected chi connectivity index (χ3v) is 3.52. The minimum absolute atomic E-state index is 0.0508. The highest BCUT2D eigenvalue weighted by molar-refractivity contribution is 9.10. The summed E-state index contributed by atoms with van der Waals surface area (Å²) >= 11 is 3.41. The van der Waals surface area contributed by atoms with Gasteiger partial charge in [-0.05, 0) is 41.8 Å². The van der Waals surface area contributed by atoms with Crippen LogP contribution in [-0.2, 0) is 6.61 Å². The molecule has 1 nitrogen and oxygen atoms in total. The lowest BCUT2D eigenvalue weighted by atomic mass is 10.0. The first-order chi connectivity index (χ1) is 9.49. The fourth-order valence-corrected chi connectivity index (χ4v) is 2.30. The monoisotopic (exact) mass is 340 g/mol. The summed E-state index contributed by atoms with van der Waals surface area (Å²) in [5, 5.41) is 0. The quantitative estimate of drug-likeness (QED) is 0.721. The molecule has 0 spiro atoms. The van der Waals surface area contributed by atoms with Gasteiger partial charge in [0.2, 0.25) is 0 Å². The molecule has 0 N–H and O–H groups in total. The highest BCUT2D eigenvalue weighted by Gasteiger charge is 2.12. The van der Waals surface area contributed by atoms with E-state index in [0.29, 0.717) is 5.75 Å². The second-order valence-corrected chi connectivity index (χ2v) is 5.74. The molecule has 4 heteroatoms. The molecule has 0 bridgehead atoms. The van der Waals surface area contributed by atoms with Gasteiger partial charge in [-0.3, -0.25) is 0 Å². The fraction of sp³-hybridized carbons (Fsp3) is 0.250. The van der Waals surface area contributed by atoms with Crippen LogP contribution in [0.5, 0.6) is 5.75 Å². The van der Waals surface area contributed by atoms with E-state index in [0.717, 1.165) is 10.0 Å². The van der Waals surface area contributed by atoms with Crippen LogP contribution in [0.15, 0.2) is 40.9 Å². The zero-order valence-corrected chi connectivity index (χ0v) is 12.9. The van der Waals surface area contributed by atoms with Gasteiger partial charge in [-0.1, -0.05) is 35.8 Å². The third kappa shape index (κ3) is 3.37. The van der Waals surface area contributed by atoms with Gasteiger partial charge < -0.3 is 4.74 Å². The SMILES string of the molecule is CC(C)c1cc(Br)ccc1OCc1c(F)cccc1F. The van der Waals surface area contributed by atoms with Gasteiger partial charge >= 0.3 is 0 Å². The Morgan fingerprint density at radius 2 is 1.75 bits per heavy atom. The summed E-state index contributed by atoms with van der Waals surface area (Å²) in [6, 6.07) is 9.40. The molecular formula is C16H15BrF2O. The van der Waals surface area contributed by atoms with Crippen LogP contribution in [0.1, 0.15) is 30.9 Å². The zero-order valence-electron chi connectivity index (χ0n) is 11.3. The van der Waals surface area contributed by atoms with Gasteiger partial charge in [0.1, 0.15) is 24.0 Å². The molecule has 2 aromatic rings. The molecule has 0 radical (unpaired) electrons. The van der Waals surface area contributed by atoms with Gasteiger partial charge in [-0.2, -0.15) is 0 Å². The number of hydrogen-bond donors (Lipinski definition) is 0. The summed E-state index contributed by atoms with van der Waals surface area (Å²) in [7, 11) is 0. The molecule has 0 unspecified atom stereocenters. The maximum atomic E-state index is 13.5. The van der Waals surface area contributed by atoms with Crippen molar-refractivity contribution >= 4 is 15.9 Å². The second-order valence-electron chi connectivity index (χ2n) is 4.83. The number of benzene rings is 2. The average molecular weight is 341 g/mol. The van der Waals surface area contributed by atoms with Gasteiger partial charge in [-0.25, -0.2) is 8.78 Å². The van der Waals surface area contributed by atoms with Gasteiger partial charge in [0, 0.05) is 4.47 Å². The van der Waals surface area contributed by atoms with Crippen LogP contribution in [0.25, 0.3) is 0 Å². The van der Waals surface area contributed by atoms with Crippen molar-refractivity contribution in [1.82, 2.24) is 0 Å². The van der Waals surface area contributed by atoms with E-state index in [2.05, 4.69) is 15.9 Å². The first kappa shape index (κ1) is 15.0. The molecular weight excluding hydrogens is 326 g/mol. The maximum absolute atomic E-state index is 13.5. The Hall–Kier alpha value is -1.42. The van der Waals surface area contributed by atoms with Crippen molar-refractivity contribution < 1.29 is 13.5 Å². The maximum Gasteiger partial charge on any atom is 0.132 e. The van der Waals surface area contributed by atoms with E-state index in [1.165, 1.54) is 18.2 Å². The summed E-state index contributed by atoms with van der Waals surface area (Å²) in [5.74, 6) is -0.278. The Morgan fingerprint density at radius 3 is 2.35 bits per heavy atom. The van der Waals surface area contributed by atoms with Crippen LogP contribution >= 0.6 is 15.9 Å². The summed E-state index contributed by atoms with van der Waals surface area (Å²) in [4.78, 5) is 0. The van der Waals surface area contributed by atoms with Gasteiger partial charge in [-0.15, -0.1) is 0 Å². The van der Waals surface area contributed by atoms with E-state index >= 15 is 0 Å². The molecule has 0 aliphatic carbocycles. The minimum atomic E-state index is -0.590. The Bertz CT molecular complexity index is 591. The van der Waals surface area contributed by atoms with E-state index in [1.54, 1.807) is 6.07 Å². The van der Waals surface area contributed by atoms with Crippen LogP contribution in [0.4, 0.5) is 8.78 Å². The van der Waals surface area contributed by atoms with Crippen molar-refractivity contribution in [1.29, 1.82) is 0 Å². The van der Waals surface area contributed by atoms with Gasteiger partial charge in [0.15, 0.2) is 0 Å². The van der Waals surface area contributed by atoms with Gasteiger partial charge in [0.25, 0.3) is 0 Å². The Labute approximate surface area is 125 Å². The average Bonchev–Trinajstić information content (AvgIpc) is 2.39. The smallest absolute Gasteiger partial charge is 0.132 e. The Morgan fingerprint density at radius 1 is 1.10 bits per heavy atom. The van der Waals surface area contributed by atoms with Crippen LogP contribution in [0, 0.1) is 11.6 Å². The minimum Gasteiger partial charge on any atom is -0.488 e. The van der Waals surface area contributed by atoms with Crippen molar-refractivity contribution in [2.45, 2.75) is 26.4 Å². The third-order valence-electron chi connectivity index (χ3n) is 3.03. The van der Waals surface area contributed by atoms with E-state index in [1.807, 2.05) is 26.0 Å². The van der Waals surface area contributed by atoms with E-state index in [4.69, 9.17) is 4.74 Å². The van der Waals surface area contributed by atoms with Crippen LogP contribution in [-0.4, -0.2) is 0 Å². The lowest BCUT2D eigenvalue weighted by molar-refractivity contribution is 0.288. The van der Waals surface area contributed by atoms with Crippen LogP contribution < -0.4 is 4.74 Å². The lowest BCUT2D eigenvalue weighted by Crippen LogP contribution is -2.04. The fourth-order valence-electron chi connectivity index (χ4n) is 1.92. The van der Waals surface area contributed by atoms with E-state index in [9.17, 15) is 8.78 Å². The highest BCUT2D eigenvalue weighted by atomic mass is 79.9. The number of hydrogen-bond acceptors (Lipinski definition) is 1. The van der Waals surface area contributed by atoms with E-state index < -0.39 is 11.6 Å². The summed E-state index contributed by atoms with van der Waals surface area (Å²) < 4.78 is 33.6. The first-order valence-electron chi connectivity index (χ1n) is 6.34. The van der Waals surface area contributed by atoms with Crippen molar-refractivity contribution in [2.24, 2.45) is 0 Å². The molecule has 106 valence electrons. The summed E-state index contributed by atoms with van der Waals surface area (Å²) in [5.41, 5.74) is 0.946. The normalized spacial score (nSPS) is 10.9. The molecule has 0 fully saturated rings. The van der Waals surface area contributed by atoms with Crippen molar-refractivity contribution in [2.75, 3.05) is 0 Å². The Balaban J connectivity index is 2.23. The number of rotatable bonds is 4. The molecule has 0 saturated heterocycles. The van der Waals surface area contributed by atoms with Crippen LogP contribution in [0.2, 0.25) is 0 Å². The molecule has 2 rings (SSSR count). The number of ether oxygens (including phenoxy) is 1. The van der Waals surface area contributed by atoms with Crippen molar-refractivity contribution in [3.05, 3.63) is 63.6 Å². The molecule has 0 amide bonds. The molecule has 0 aliphatic rings. The molecule has 0 aliphatic heterocycles. The zero-order chi connectivity index (χ0) is 14.7. The molecule has 0 saturated carbocycles. The molecule has 20 heavy (non-hydrogen) atoms. The largest absolute Gasteiger partial charge is 0.488 e. The molecule has 0 heterocycles. The summed E-state index contributed by atoms with van der Waals surface area (Å²) in [6.45, 7) is 3.95. The first-order valence-corrected chi connectivity index (χ1v) is 7.13. The highest BCUT2D eigenvalue weighted by Crippen LogP contribution is 2.30. The predicted molar refractivity (Wildman–Crippen MR) is 78.9 cm³/mol. The number of halogens is 3. The molecule has 0 aromatic heterocycles. The van der Waals surface area contributed by atoms with Gasteiger partial charge in [0.05, 0.1) is 5.56 Å². The second kappa shape index (κ2) is 6.35. The van der Waals surface area contributed by atoms with Crippen molar-refractivity contribution in [3.8, 4) is 5.75 Å². The Kier molecular flexibility index (Phi) is 4.76. The predicted octanol–water partition coefficient (Wildman–Crippen LogP) is 5.43. The van der Waals surface area contributed by atoms with E-state index in [-0.39, 0.29) is 18.1 Å². The topological polar surface area (TPSA) is 9.23 Å². The molecule has 2 aromatic carbocycles. The lowest BCUT2D eigenvalue weighted by Gasteiger charge is -2.15. The molecule has 0 atom stereocenters. The van der Waals surface area contributed by atoms with Crippen LogP contribution in [0.3, 0.4) is 0 Å². The standard InChI is InChI=1S/C16H15BrF2O/c1-10(2)12-8-11(17)6-7-16(12)20-9-13-14(18)4-3-5-15(13)19/h3-8,10H,9H2,1-2H3. The van der Waals surface area contributed by atoms with Crippen molar-refractivity contribution in [3.63, 3.8) is 0 Å². The summed E-state index contributed by atoms with van der Waals surface area (Å²) in [6.07, 6.45) is 0.